The lowest BCUT2D eigenvalue weighted by Crippen LogP contribution is -2.31. The molecule has 0 N–H and O–H groups in total. The van der Waals surface area contributed by atoms with Crippen LogP contribution in [-0.2, 0) is 10.0 Å². The van der Waals surface area contributed by atoms with Gasteiger partial charge in [0.2, 0.25) is 10.0 Å². The van der Waals surface area contributed by atoms with Crippen molar-refractivity contribution >= 4 is 10.0 Å². The Labute approximate surface area is 155 Å². The SMILES string of the molecule is COc1ccc([C@H]2CCCN2S(=O)(=O)c2cc(C)ccc2C)c(OC)c1. The first-order valence-corrected chi connectivity index (χ1v) is 10.1. The van der Waals surface area contributed by atoms with Crippen molar-refractivity contribution in [1.82, 2.24) is 4.31 Å². The van der Waals surface area contributed by atoms with E-state index >= 15 is 0 Å². The molecule has 0 saturated carbocycles. The minimum atomic E-state index is -3.58. The molecule has 0 aromatic heterocycles. The Bertz CT molecular complexity index is 908. The van der Waals surface area contributed by atoms with E-state index in [0.29, 0.717) is 22.9 Å². The summed E-state index contributed by atoms with van der Waals surface area (Å²) in [7, 11) is -0.391. The van der Waals surface area contributed by atoms with Gasteiger partial charge in [-0.25, -0.2) is 8.42 Å². The Hall–Kier alpha value is -2.05. The molecule has 2 aromatic rings. The van der Waals surface area contributed by atoms with Crippen LogP contribution in [0.25, 0.3) is 0 Å². The first kappa shape index (κ1) is 18.7. The lowest BCUT2D eigenvalue weighted by molar-refractivity contribution is 0.361. The third-order valence-electron chi connectivity index (χ3n) is 4.93. The van der Waals surface area contributed by atoms with Crippen LogP contribution in [0.1, 0.15) is 35.6 Å². The van der Waals surface area contributed by atoms with E-state index in [1.807, 2.05) is 38.1 Å². The lowest BCUT2D eigenvalue weighted by atomic mass is 10.0. The van der Waals surface area contributed by atoms with Gasteiger partial charge >= 0.3 is 0 Å². The van der Waals surface area contributed by atoms with Gasteiger partial charge in [-0.3, -0.25) is 0 Å². The van der Waals surface area contributed by atoms with Gasteiger partial charge in [-0.1, -0.05) is 18.2 Å². The number of ether oxygens (including phenoxy) is 2. The van der Waals surface area contributed by atoms with Gasteiger partial charge in [-0.15, -0.1) is 0 Å². The smallest absolute Gasteiger partial charge is 0.243 e. The van der Waals surface area contributed by atoms with Gasteiger partial charge in [-0.05, 0) is 49.9 Å². The highest BCUT2D eigenvalue weighted by Gasteiger charge is 2.38. The van der Waals surface area contributed by atoms with Gasteiger partial charge in [0.25, 0.3) is 0 Å². The predicted molar refractivity (Wildman–Crippen MR) is 101 cm³/mol. The van der Waals surface area contributed by atoms with Gasteiger partial charge in [0.1, 0.15) is 11.5 Å². The second-order valence-corrected chi connectivity index (χ2v) is 8.51. The van der Waals surface area contributed by atoms with Crippen LogP contribution < -0.4 is 9.47 Å². The number of methoxy groups -OCH3 is 2. The fourth-order valence-electron chi connectivity index (χ4n) is 3.54. The van der Waals surface area contributed by atoms with Crippen molar-refractivity contribution in [2.24, 2.45) is 0 Å². The van der Waals surface area contributed by atoms with E-state index in [1.54, 1.807) is 30.7 Å². The average Bonchev–Trinajstić information content (AvgIpc) is 3.13. The molecule has 1 saturated heterocycles. The van der Waals surface area contributed by atoms with E-state index in [-0.39, 0.29) is 6.04 Å². The van der Waals surface area contributed by atoms with E-state index in [1.165, 1.54) is 0 Å². The Morgan fingerprint density at radius 2 is 1.81 bits per heavy atom. The Kier molecular flexibility index (Phi) is 5.25. The molecule has 0 amide bonds. The molecule has 1 aliphatic heterocycles. The molecule has 0 spiro atoms. The van der Waals surface area contributed by atoms with Crippen molar-refractivity contribution in [1.29, 1.82) is 0 Å². The van der Waals surface area contributed by atoms with E-state index in [0.717, 1.165) is 29.5 Å². The molecule has 140 valence electrons. The Morgan fingerprint density at radius 1 is 1.04 bits per heavy atom. The summed E-state index contributed by atoms with van der Waals surface area (Å²) in [6, 6.07) is 10.9. The number of hydrogen-bond donors (Lipinski definition) is 0. The second kappa shape index (κ2) is 7.29. The topological polar surface area (TPSA) is 55.8 Å². The number of hydrogen-bond acceptors (Lipinski definition) is 4. The highest BCUT2D eigenvalue weighted by atomic mass is 32.2. The van der Waals surface area contributed by atoms with Crippen molar-refractivity contribution in [2.45, 2.75) is 37.6 Å². The minimum Gasteiger partial charge on any atom is -0.497 e. The summed E-state index contributed by atoms with van der Waals surface area (Å²) in [5.74, 6) is 1.34. The van der Waals surface area contributed by atoms with Crippen molar-refractivity contribution in [3.05, 3.63) is 53.1 Å². The van der Waals surface area contributed by atoms with Crippen LogP contribution in [-0.4, -0.2) is 33.5 Å². The zero-order valence-corrected chi connectivity index (χ0v) is 16.5. The first-order valence-electron chi connectivity index (χ1n) is 8.69. The van der Waals surface area contributed by atoms with Crippen molar-refractivity contribution in [3.63, 3.8) is 0 Å². The quantitative estimate of drug-likeness (QED) is 0.797. The maximum absolute atomic E-state index is 13.4. The molecule has 0 unspecified atom stereocenters. The largest absolute Gasteiger partial charge is 0.497 e. The molecule has 2 aromatic carbocycles. The highest BCUT2D eigenvalue weighted by Crippen LogP contribution is 2.41. The zero-order chi connectivity index (χ0) is 18.9. The standard InChI is InChI=1S/C20H25NO4S/c1-14-7-8-15(2)20(12-14)26(22,23)21-11-5-6-18(21)17-10-9-16(24-3)13-19(17)25-4/h7-10,12-13,18H,5-6,11H2,1-4H3/t18-/m1/s1. The summed E-state index contributed by atoms with van der Waals surface area (Å²) in [5, 5.41) is 0. The van der Waals surface area contributed by atoms with Crippen LogP contribution in [0.5, 0.6) is 11.5 Å². The maximum Gasteiger partial charge on any atom is 0.243 e. The van der Waals surface area contributed by atoms with Gasteiger partial charge in [-0.2, -0.15) is 4.31 Å². The van der Waals surface area contributed by atoms with Gasteiger partial charge in [0.15, 0.2) is 0 Å². The summed E-state index contributed by atoms with van der Waals surface area (Å²) in [6.45, 7) is 4.26. The molecule has 1 fully saturated rings. The summed E-state index contributed by atoms with van der Waals surface area (Å²) in [4.78, 5) is 0.386. The fraction of sp³-hybridized carbons (Fsp3) is 0.400. The molecular weight excluding hydrogens is 350 g/mol. The molecule has 1 heterocycles. The van der Waals surface area contributed by atoms with E-state index in [9.17, 15) is 8.42 Å². The van der Waals surface area contributed by atoms with Gasteiger partial charge in [0, 0.05) is 18.2 Å². The van der Waals surface area contributed by atoms with Crippen LogP contribution in [0.3, 0.4) is 0 Å². The summed E-state index contributed by atoms with van der Waals surface area (Å²) in [6.07, 6.45) is 1.59. The maximum atomic E-state index is 13.4. The summed E-state index contributed by atoms with van der Waals surface area (Å²) >= 11 is 0. The normalized spacial score (nSPS) is 18.1. The van der Waals surface area contributed by atoms with Gasteiger partial charge in [0.05, 0.1) is 25.2 Å². The molecule has 0 radical (unpaired) electrons. The number of benzene rings is 2. The molecule has 5 nitrogen and oxygen atoms in total. The fourth-order valence-corrected chi connectivity index (χ4v) is 5.53. The second-order valence-electron chi connectivity index (χ2n) is 6.65. The zero-order valence-electron chi connectivity index (χ0n) is 15.7. The van der Waals surface area contributed by atoms with Crippen molar-refractivity contribution in [2.75, 3.05) is 20.8 Å². The predicted octanol–water partition coefficient (Wildman–Crippen LogP) is 3.85. The Morgan fingerprint density at radius 3 is 2.50 bits per heavy atom. The van der Waals surface area contributed by atoms with E-state index in [4.69, 9.17) is 9.47 Å². The monoisotopic (exact) mass is 375 g/mol. The number of rotatable bonds is 5. The van der Waals surface area contributed by atoms with E-state index in [2.05, 4.69) is 0 Å². The van der Waals surface area contributed by atoms with Gasteiger partial charge < -0.3 is 9.47 Å². The number of nitrogens with zero attached hydrogens (tertiary/aromatic N) is 1. The van der Waals surface area contributed by atoms with Crippen molar-refractivity contribution in [3.8, 4) is 11.5 Å². The van der Waals surface area contributed by atoms with Crippen LogP contribution in [0.2, 0.25) is 0 Å². The molecule has 1 aliphatic rings. The van der Waals surface area contributed by atoms with Crippen LogP contribution in [0.15, 0.2) is 41.3 Å². The summed E-state index contributed by atoms with van der Waals surface area (Å²) in [5.41, 5.74) is 2.58. The molecular formula is C20H25NO4S. The minimum absolute atomic E-state index is 0.235. The molecule has 0 aliphatic carbocycles. The third kappa shape index (κ3) is 3.31. The molecule has 0 bridgehead atoms. The molecule has 6 heteroatoms. The first-order chi connectivity index (χ1) is 12.4. The average molecular weight is 375 g/mol. The highest BCUT2D eigenvalue weighted by molar-refractivity contribution is 7.89. The number of sulfonamides is 1. The molecule has 26 heavy (non-hydrogen) atoms. The van der Waals surface area contributed by atoms with E-state index < -0.39 is 10.0 Å². The Balaban J connectivity index is 2.04. The van der Waals surface area contributed by atoms with Crippen LogP contribution >= 0.6 is 0 Å². The number of aryl methyl sites for hydroxylation is 2. The summed E-state index contributed by atoms with van der Waals surface area (Å²) < 4.78 is 39.1. The molecule has 3 rings (SSSR count). The van der Waals surface area contributed by atoms with Crippen LogP contribution in [0.4, 0.5) is 0 Å². The van der Waals surface area contributed by atoms with Crippen molar-refractivity contribution < 1.29 is 17.9 Å². The third-order valence-corrected chi connectivity index (χ3v) is 6.98. The van der Waals surface area contributed by atoms with Crippen LogP contribution in [0, 0.1) is 13.8 Å². The lowest BCUT2D eigenvalue weighted by Gasteiger charge is -2.26. The molecule has 1 atom stereocenters.